The number of allylic oxidation sites excluding steroid dienone is 2. The summed E-state index contributed by atoms with van der Waals surface area (Å²) in [5.74, 6) is 26.7. The van der Waals surface area contributed by atoms with Gasteiger partial charge in [-0.15, -0.1) is 0 Å². The van der Waals surface area contributed by atoms with E-state index in [-0.39, 0.29) is 0 Å². The number of hydrogen-bond donors (Lipinski definition) is 0. The van der Waals surface area contributed by atoms with Crippen LogP contribution in [0.5, 0.6) is 0 Å². The minimum atomic E-state index is 0.586. The number of rotatable bonds is 0. The van der Waals surface area contributed by atoms with Crippen LogP contribution in [-0.2, 0) is 0 Å². The van der Waals surface area contributed by atoms with Gasteiger partial charge in [0.15, 0.2) is 0 Å². The molecule has 0 atom stereocenters. The van der Waals surface area contributed by atoms with E-state index in [1.54, 1.807) is 0 Å². The van der Waals surface area contributed by atoms with Gasteiger partial charge in [0.2, 0.25) is 0 Å². The molecule has 0 saturated carbocycles. The topological polar surface area (TPSA) is 0 Å². The number of fused-ring (bicyclic) bond motifs is 2. The Bertz CT molecular complexity index is 2020. The molecule has 0 radical (unpaired) electrons. The summed E-state index contributed by atoms with van der Waals surface area (Å²) in [7, 11) is 0. The van der Waals surface area contributed by atoms with Crippen LogP contribution in [0.2, 0.25) is 0 Å². The van der Waals surface area contributed by atoms with Crippen LogP contribution >= 0.6 is 0 Å². The third kappa shape index (κ3) is 6.34. The first-order valence-corrected chi connectivity index (χ1v) is 13.7. The highest BCUT2D eigenvalue weighted by Gasteiger charge is 2.02. The Hall–Kier alpha value is -6.18. The van der Waals surface area contributed by atoms with Crippen molar-refractivity contribution in [3.63, 3.8) is 0 Å². The Morgan fingerprint density at radius 1 is 0.310 bits per heavy atom. The van der Waals surface area contributed by atoms with Gasteiger partial charge in [0.1, 0.15) is 0 Å². The van der Waals surface area contributed by atoms with Gasteiger partial charge < -0.3 is 0 Å². The van der Waals surface area contributed by atoms with Gasteiger partial charge in [-0.2, -0.15) is 0 Å². The Morgan fingerprint density at radius 2 is 0.667 bits per heavy atom. The first-order valence-electron chi connectivity index (χ1n) is 13.7. The van der Waals surface area contributed by atoms with Gasteiger partial charge in [-0.1, -0.05) is 157 Å². The Morgan fingerprint density at radius 3 is 1.12 bits per heavy atom. The van der Waals surface area contributed by atoms with E-state index in [0.29, 0.717) is 11.1 Å². The van der Waals surface area contributed by atoms with Crippen LogP contribution in [0.15, 0.2) is 157 Å². The lowest BCUT2D eigenvalue weighted by Gasteiger charge is -2.00. The van der Waals surface area contributed by atoms with Crippen molar-refractivity contribution in [2.75, 3.05) is 0 Å². The zero-order valence-corrected chi connectivity index (χ0v) is 22.9. The Balaban J connectivity index is 1.57. The van der Waals surface area contributed by atoms with Gasteiger partial charge in [-0.25, -0.2) is 0 Å². The van der Waals surface area contributed by atoms with Crippen LogP contribution in [0.4, 0.5) is 0 Å². The van der Waals surface area contributed by atoms with Gasteiger partial charge in [0, 0.05) is 22.3 Å². The van der Waals surface area contributed by atoms with Crippen LogP contribution in [0.25, 0.3) is 21.5 Å². The fraction of sp³-hybridized carbons (Fsp3) is 0. The lowest BCUT2D eigenvalue weighted by atomic mass is 10.0. The summed E-state index contributed by atoms with van der Waals surface area (Å²) in [5, 5.41) is 4.48. The first-order chi connectivity index (χ1) is 20.8. The molecule has 0 nitrogen and oxygen atoms in total. The molecule has 0 N–H and O–H groups in total. The monoisotopic (exact) mass is 528 g/mol. The fourth-order valence-corrected chi connectivity index (χ4v) is 4.55. The van der Waals surface area contributed by atoms with Crippen molar-refractivity contribution in [1.29, 1.82) is 0 Å². The molecule has 6 aromatic rings. The molecule has 0 unspecified atom stereocenters. The minimum absolute atomic E-state index is 0.586. The molecule has 42 heavy (non-hydrogen) atoms. The van der Waals surface area contributed by atoms with Gasteiger partial charge in [-0.3, -0.25) is 0 Å². The molecule has 0 aliphatic rings. The van der Waals surface area contributed by atoms with Gasteiger partial charge in [0.05, 0.1) is 11.1 Å². The second kappa shape index (κ2) is 12.8. The second-order valence-electron chi connectivity index (χ2n) is 9.54. The zero-order chi connectivity index (χ0) is 28.4. The van der Waals surface area contributed by atoms with Crippen LogP contribution in [0.1, 0.15) is 22.3 Å². The molecule has 0 aromatic heterocycles. The smallest absolute Gasteiger partial charge is 0.0622 e. The molecular weight excluding hydrogens is 504 g/mol. The molecular formula is C42H24. The quantitative estimate of drug-likeness (QED) is 0.173. The van der Waals surface area contributed by atoms with E-state index >= 15 is 0 Å². The van der Waals surface area contributed by atoms with Crippen molar-refractivity contribution in [1.82, 2.24) is 0 Å². The van der Waals surface area contributed by atoms with Gasteiger partial charge >= 0.3 is 0 Å². The molecule has 0 heterocycles. The molecule has 192 valence electrons. The molecule has 0 heteroatoms. The first kappa shape index (κ1) is 26.1. The van der Waals surface area contributed by atoms with Crippen molar-refractivity contribution in [2.24, 2.45) is 0 Å². The summed E-state index contributed by atoms with van der Waals surface area (Å²) in [6.45, 7) is 0. The Labute approximate surface area is 247 Å². The zero-order valence-electron chi connectivity index (χ0n) is 22.9. The third-order valence-corrected chi connectivity index (χ3v) is 6.68. The lowest BCUT2D eigenvalue weighted by molar-refractivity contribution is 1.63. The summed E-state index contributed by atoms with van der Waals surface area (Å²) in [4.78, 5) is 0. The van der Waals surface area contributed by atoms with Crippen LogP contribution in [0, 0.1) is 47.4 Å². The third-order valence-electron chi connectivity index (χ3n) is 6.68. The van der Waals surface area contributed by atoms with E-state index in [9.17, 15) is 0 Å². The number of benzene rings is 6. The average molecular weight is 529 g/mol. The molecule has 0 aliphatic heterocycles. The van der Waals surface area contributed by atoms with Crippen molar-refractivity contribution < 1.29 is 0 Å². The largest absolute Gasteiger partial charge is 0.0993 e. The molecule has 0 fully saturated rings. The summed E-state index contributed by atoms with van der Waals surface area (Å²) in [5.41, 5.74) is 4.85. The standard InChI is InChI=1S/C42H24/c1-3-13-33(14-4-1)25-27-35(28-26-34-15-5-2-6-16-34)36(29-31-39-21-11-19-37-17-7-9-23-41(37)39)30-32-40-22-12-20-38-18-8-10-24-42(38)40/h1-24H. The summed E-state index contributed by atoms with van der Waals surface area (Å²) < 4.78 is 0. The molecule has 0 spiro atoms. The van der Waals surface area contributed by atoms with E-state index in [2.05, 4.69) is 83.8 Å². The normalized spacial score (nSPS) is 9.62. The molecule has 0 bridgehead atoms. The van der Waals surface area contributed by atoms with Crippen LogP contribution in [0.3, 0.4) is 0 Å². The maximum Gasteiger partial charge on any atom is 0.0993 e. The average Bonchev–Trinajstić information content (AvgIpc) is 3.06. The number of hydrogen-bond acceptors (Lipinski definition) is 0. The SMILES string of the molecule is C(#Cc1ccccc1)C(C#Cc1ccccc1)=C(C#Cc1cccc2ccccc12)C#Cc1cccc2ccccc12. The highest BCUT2D eigenvalue weighted by molar-refractivity contribution is 5.89. The molecule has 0 aliphatic carbocycles. The van der Waals surface area contributed by atoms with E-state index in [1.165, 1.54) is 0 Å². The van der Waals surface area contributed by atoms with Crippen molar-refractivity contribution in [2.45, 2.75) is 0 Å². The summed E-state index contributed by atoms with van der Waals surface area (Å²) in [6.07, 6.45) is 0. The predicted octanol–water partition coefficient (Wildman–Crippen LogP) is 8.80. The lowest BCUT2D eigenvalue weighted by Crippen LogP contribution is -1.87. The molecule has 6 aromatic carbocycles. The molecule has 6 rings (SSSR count). The fourth-order valence-electron chi connectivity index (χ4n) is 4.55. The van der Waals surface area contributed by atoms with E-state index in [1.807, 2.05) is 109 Å². The highest BCUT2D eigenvalue weighted by Crippen LogP contribution is 2.19. The summed E-state index contributed by atoms with van der Waals surface area (Å²) in [6, 6.07) is 48.7. The van der Waals surface area contributed by atoms with Crippen LogP contribution in [-0.4, -0.2) is 0 Å². The van der Waals surface area contributed by atoms with E-state index in [4.69, 9.17) is 0 Å². The van der Waals surface area contributed by atoms with Crippen molar-refractivity contribution >= 4 is 21.5 Å². The van der Waals surface area contributed by atoms with Crippen molar-refractivity contribution in [3.05, 3.63) is 179 Å². The highest BCUT2D eigenvalue weighted by atomic mass is 14.0. The Kier molecular flexibility index (Phi) is 7.93. The van der Waals surface area contributed by atoms with E-state index in [0.717, 1.165) is 43.8 Å². The predicted molar refractivity (Wildman–Crippen MR) is 175 cm³/mol. The van der Waals surface area contributed by atoms with Gasteiger partial charge in [-0.05, 0) is 57.9 Å². The van der Waals surface area contributed by atoms with Crippen molar-refractivity contribution in [3.8, 4) is 47.4 Å². The maximum atomic E-state index is 3.39. The van der Waals surface area contributed by atoms with E-state index < -0.39 is 0 Å². The second-order valence-corrected chi connectivity index (χ2v) is 9.54. The van der Waals surface area contributed by atoms with Crippen LogP contribution < -0.4 is 0 Å². The molecule has 0 amide bonds. The van der Waals surface area contributed by atoms with Gasteiger partial charge in [0.25, 0.3) is 0 Å². The maximum absolute atomic E-state index is 3.39. The minimum Gasteiger partial charge on any atom is -0.0622 e. The summed E-state index contributed by atoms with van der Waals surface area (Å²) >= 11 is 0. The molecule has 0 saturated heterocycles.